The van der Waals surface area contributed by atoms with Crippen LogP contribution in [0.2, 0.25) is 0 Å². The molecule has 2 unspecified atom stereocenters. The number of hydrogen-bond donors (Lipinski definition) is 0. The van der Waals surface area contributed by atoms with Crippen molar-refractivity contribution in [3.63, 3.8) is 0 Å². The van der Waals surface area contributed by atoms with Gasteiger partial charge in [-0.3, -0.25) is 0 Å². The van der Waals surface area contributed by atoms with Crippen molar-refractivity contribution in [2.75, 3.05) is 4.43 Å². The number of rotatable bonds is 9. The molecule has 0 spiro atoms. The van der Waals surface area contributed by atoms with Gasteiger partial charge in [0.2, 0.25) is 0 Å². The van der Waals surface area contributed by atoms with Crippen LogP contribution >= 0.6 is 22.6 Å². The van der Waals surface area contributed by atoms with Gasteiger partial charge in [-0.15, -0.1) is 0 Å². The number of hydrogen-bond acceptors (Lipinski definition) is 0. The van der Waals surface area contributed by atoms with Gasteiger partial charge in [-0.1, -0.05) is 35.4 Å². The Bertz CT molecular complexity index is 311. The third kappa shape index (κ3) is 11.0. The molecular formula is C17H27F6I. The predicted octanol–water partition coefficient (Wildman–Crippen LogP) is 7.70. The van der Waals surface area contributed by atoms with E-state index in [9.17, 15) is 26.3 Å². The molecule has 144 valence electrons. The summed E-state index contributed by atoms with van der Waals surface area (Å²) in [7, 11) is 0. The highest BCUT2D eigenvalue weighted by atomic mass is 127. The van der Waals surface area contributed by atoms with E-state index in [0.717, 1.165) is 36.5 Å². The first-order chi connectivity index (χ1) is 11.1. The van der Waals surface area contributed by atoms with Crippen LogP contribution in [0.5, 0.6) is 0 Å². The van der Waals surface area contributed by atoms with E-state index < -0.39 is 25.2 Å². The molecule has 1 rings (SSSR count). The van der Waals surface area contributed by atoms with Crippen LogP contribution in [-0.4, -0.2) is 16.8 Å². The van der Waals surface area contributed by atoms with E-state index >= 15 is 0 Å². The van der Waals surface area contributed by atoms with Gasteiger partial charge in [-0.2, -0.15) is 26.3 Å². The Morgan fingerprint density at radius 1 is 0.625 bits per heavy atom. The molecule has 1 aliphatic rings. The lowest BCUT2D eigenvalue weighted by Gasteiger charge is -2.35. The van der Waals surface area contributed by atoms with E-state index in [2.05, 4.69) is 22.6 Å². The van der Waals surface area contributed by atoms with Gasteiger partial charge in [0.05, 0.1) is 0 Å². The van der Waals surface area contributed by atoms with Crippen LogP contribution in [-0.2, 0) is 0 Å². The molecule has 0 saturated heterocycles. The lowest BCUT2D eigenvalue weighted by Crippen LogP contribution is -2.24. The van der Waals surface area contributed by atoms with Gasteiger partial charge < -0.3 is 0 Å². The minimum Gasteiger partial charge on any atom is -0.171 e. The Hall–Kier alpha value is 0.310. The summed E-state index contributed by atoms with van der Waals surface area (Å²) in [5, 5.41) is 0. The first kappa shape index (κ1) is 22.4. The van der Waals surface area contributed by atoms with Crippen molar-refractivity contribution in [2.24, 2.45) is 17.8 Å². The molecule has 0 aromatic heterocycles. The van der Waals surface area contributed by atoms with E-state index in [-0.39, 0.29) is 24.7 Å². The van der Waals surface area contributed by atoms with E-state index in [4.69, 9.17) is 0 Å². The Morgan fingerprint density at radius 3 is 1.25 bits per heavy atom. The predicted molar refractivity (Wildman–Crippen MR) is 92.3 cm³/mol. The second-order valence-electron chi connectivity index (χ2n) is 7.15. The first-order valence-corrected chi connectivity index (χ1v) is 10.3. The SMILES string of the molecule is FC(F)(F)CCCC1CC(CCCI)CC(CCCC(F)(F)F)C1. The Morgan fingerprint density at radius 2 is 0.958 bits per heavy atom. The Balaban J connectivity index is 2.45. The molecule has 2 atom stereocenters. The highest BCUT2D eigenvalue weighted by Gasteiger charge is 2.32. The summed E-state index contributed by atoms with van der Waals surface area (Å²) in [5.74, 6) is 0.965. The smallest absolute Gasteiger partial charge is 0.171 e. The van der Waals surface area contributed by atoms with Crippen molar-refractivity contribution in [1.29, 1.82) is 0 Å². The van der Waals surface area contributed by atoms with Crippen LogP contribution in [0.4, 0.5) is 26.3 Å². The lowest BCUT2D eigenvalue weighted by molar-refractivity contribution is -0.136. The lowest BCUT2D eigenvalue weighted by atomic mass is 9.71. The average molecular weight is 472 g/mol. The standard InChI is InChI=1S/C17H27F6I/c18-16(19,20)7-1-4-13-10-14(5-2-8-17(21,22)23)12-15(11-13)6-3-9-24/h13-15H,1-12H2. The van der Waals surface area contributed by atoms with Crippen molar-refractivity contribution in [1.82, 2.24) is 0 Å². The molecule has 1 fully saturated rings. The summed E-state index contributed by atoms with van der Waals surface area (Å²) in [5.41, 5.74) is 0. The molecule has 1 aliphatic carbocycles. The molecular weight excluding hydrogens is 445 g/mol. The molecule has 0 heterocycles. The molecule has 1 saturated carbocycles. The van der Waals surface area contributed by atoms with Gasteiger partial charge in [0.25, 0.3) is 0 Å². The minimum absolute atomic E-state index is 0.141. The number of alkyl halides is 7. The fourth-order valence-corrected chi connectivity index (χ4v) is 4.40. The quantitative estimate of drug-likeness (QED) is 0.183. The fraction of sp³-hybridized carbons (Fsp3) is 1.00. The molecule has 0 nitrogen and oxygen atoms in total. The summed E-state index contributed by atoms with van der Waals surface area (Å²) in [6.07, 6.45) is -3.50. The Labute approximate surface area is 154 Å². The maximum absolute atomic E-state index is 12.3. The molecule has 0 N–H and O–H groups in total. The highest BCUT2D eigenvalue weighted by molar-refractivity contribution is 14.1. The molecule has 0 aromatic rings. The van der Waals surface area contributed by atoms with Crippen LogP contribution in [0.25, 0.3) is 0 Å². The molecule has 0 radical (unpaired) electrons. The second-order valence-corrected chi connectivity index (χ2v) is 8.23. The van der Waals surface area contributed by atoms with Crippen LogP contribution in [0.1, 0.15) is 70.6 Å². The summed E-state index contributed by atoms with van der Waals surface area (Å²) < 4.78 is 74.9. The van der Waals surface area contributed by atoms with Crippen molar-refractivity contribution in [3.8, 4) is 0 Å². The summed E-state index contributed by atoms with van der Waals surface area (Å²) in [6, 6.07) is 0. The zero-order valence-corrected chi connectivity index (χ0v) is 16.0. The topological polar surface area (TPSA) is 0 Å². The van der Waals surface area contributed by atoms with Crippen LogP contribution in [0.3, 0.4) is 0 Å². The van der Waals surface area contributed by atoms with Crippen LogP contribution in [0, 0.1) is 17.8 Å². The zero-order chi connectivity index (χ0) is 18.2. The average Bonchev–Trinajstić information content (AvgIpc) is 2.42. The minimum atomic E-state index is -4.11. The van der Waals surface area contributed by atoms with Gasteiger partial charge >= 0.3 is 12.4 Å². The van der Waals surface area contributed by atoms with E-state index in [0.29, 0.717) is 18.8 Å². The third-order valence-electron chi connectivity index (χ3n) is 4.89. The van der Waals surface area contributed by atoms with Crippen molar-refractivity contribution in [2.45, 2.75) is 83.0 Å². The van der Waals surface area contributed by atoms with Gasteiger partial charge in [0.1, 0.15) is 0 Å². The van der Waals surface area contributed by atoms with Crippen molar-refractivity contribution < 1.29 is 26.3 Å². The Kier molecular flexibility index (Phi) is 9.74. The summed E-state index contributed by atoms with van der Waals surface area (Å²) >= 11 is 2.31. The monoisotopic (exact) mass is 472 g/mol. The summed E-state index contributed by atoms with van der Waals surface area (Å²) in [6.45, 7) is 0. The van der Waals surface area contributed by atoms with Gasteiger partial charge in [0.15, 0.2) is 0 Å². The van der Waals surface area contributed by atoms with E-state index in [1.807, 2.05) is 0 Å². The van der Waals surface area contributed by atoms with E-state index in [1.165, 1.54) is 0 Å². The van der Waals surface area contributed by atoms with Crippen molar-refractivity contribution >= 4 is 22.6 Å². The molecule has 0 bridgehead atoms. The maximum Gasteiger partial charge on any atom is 0.389 e. The van der Waals surface area contributed by atoms with E-state index in [1.54, 1.807) is 0 Å². The molecule has 24 heavy (non-hydrogen) atoms. The van der Waals surface area contributed by atoms with Gasteiger partial charge in [-0.25, -0.2) is 0 Å². The zero-order valence-electron chi connectivity index (χ0n) is 13.9. The van der Waals surface area contributed by atoms with Gasteiger partial charge in [0, 0.05) is 12.8 Å². The molecule has 0 amide bonds. The third-order valence-corrected chi connectivity index (χ3v) is 5.65. The van der Waals surface area contributed by atoms with Crippen LogP contribution in [0.15, 0.2) is 0 Å². The summed E-state index contributed by atoms with van der Waals surface area (Å²) in [4.78, 5) is 0. The molecule has 7 heteroatoms. The molecule has 0 aromatic carbocycles. The van der Waals surface area contributed by atoms with Crippen molar-refractivity contribution in [3.05, 3.63) is 0 Å². The van der Waals surface area contributed by atoms with Gasteiger partial charge in [-0.05, 0) is 67.1 Å². The first-order valence-electron chi connectivity index (χ1n) is 8.78. The van der Waals surface area contributed by atoms with Crippen LogP contribution < -0.4 is 0 Å². The number of halogens is 7. The normalized spacial score (nSPS) is 25.9. The maximum atomic E-state index is 12.3. The molecule has 0 aliphatic heterocycles. The largest absolute Gasteiger partial charge is 0.389 e. The highest BCUT2D eigenvalue weighted by Crippen LogP contribution is 2.41. The second kappa shape index (κ2) is 10.5. The fourth-order valence-electron chi connectivity index (χ4n) is 3.96.